The number of aromatic nitrogens is 2. The van der Waals surface area contributed by atoms with Gasteiger partial charge in [0.1, 0.15) is 0 Å². The van der Waals surface area contributed by atoms with Crippen molar-refractivity contribution < 1.29 is 4.79 Å². The third-order valence-corrected chi connectivity index (χ3v) is 6.22. The van der Waals surface area contributed by atoms with Gasteiger partial charge in [-0.15, -0.1) is 0 Å². The molecule has 24 heavy (non-hydrogen) atoms. The van der Waals surface area contributed by atoms with Gasteiger partial charge in [-0.2, -0.15) is 16.4 Å². The fourth-order valence-electron chi connectivity index (χ4n) is 4.02. The zero-order chi connectivity index (χ0) is 16.6. The summed E-state index contributed by atoms with van der Waals surface area (Å²) in [6.45, 7) is 2.90. The maximum Gasteiger partial charge on any atom is 0.227 e. The summed E-state index contributed by atoms with van der Waals surface area (Å²) in [6.07, 6.45) is 7.73. The molecule has 2 aromatic rings. The summed E-state index contributed by atoms with van der Waals surface area (Å²) >= 11 is 1.70. The van der Waals surface area contributed by atoms with Gasteiger partial charge in [0, 0.05) is 25.8 Å². The number of thiophene rings is 1. The molecule has 1 aliphatic heterocycles. The highest BCUT2D eigenvalue weighted by Gasteiger charge is 2.57. The van der Waals surface area contributed by atoms with Crippen LogP contribution in [0.2, 0.25) is 0 Å². The maximum absolute atomic E-state index is 13.0. The first-order chi connectivity index (χ1) is 11.7. The molecule has 1 atom stereocenters. The molecular formula is C18H24N4OS. The van der Waals surface area contributed by atoms with E-state index in [0.717, 1.165) is 31.6 Å². The van der Waals surface area contributed by atoms with E-state index < -0.39 is 0 Å². The highest BCUT2D eigenvalue weighted by Crippen LogP contribution is 2.56. The molecule has 2 fully saturated rings. The summed E-state index contributed by atoms with van der Waals surface area (Å²) < 4.78 is 1.76. The largest absolute Gasteiger partial charge is 0.334 e. The van der Waals surface area contributed by atoms with E-state index in [4.69, 9.17) is 0 Å². The summed E-state index contributed by atoms with van der Waals surface area (Å²) in [5.41, 5.74) is 2.61. The van der Waals surface area contributed by atoms with E-state index in [1.165, 1.54) is 18.4 Å². The van der Waals surface area contributed by atoms with Gasteiger partial charge in [-0.3, -0.25) is 9.48 Å². The number of nitrogens with zero attached hydrogens (tertiary/aromatic N) is 3. The van der Waals surface area contributed by atoms with E-state index >= 15 is 0 Å². The molecule has 1 unspecified atom stereocenters. The van der Waals surface area contributed by atoms with Crippen LogP contribution in [-0.4, -0.2) is 39.7 Å². The molecule has 0 aromatic carbocycles. The third kappa shape index (κ3) is 3.13. The number of piperidine rings is 1. The molecule has 3 heterocycles. The Balaban J connectivity index is 1.51. The SMILES string of the molecule is Cn1cc(CC(=O)N(Cc2ccsc2)C2CC23CCNCC3)cn1. The Kier molecular flexibility index (Phi) is 4.18. The standard InChI is InChI=1S/C18H24N4OS/c1-21-11-15(10-20-21)8-17(23)22(12-14-2-7-24-13-14)16-9-18(16)3-5-19-6-4-18/h2,7,10-11,13,16,19H,3-6,8-9,12H2,1H3. The molecule has 1 amide bonds. The van der Waals surface area contributed by atoms with Gasteiger partial charge in [-0.05, 0) is 65.7 Å². The number of nitrogens with one attached hydrogen (secondary N) is 1. The molecular weight excluding hydrogens is 320 g/mol. The van der Waals surface area contributed by atoms with Gasteiger partial charge >= 0.3 is 0 Å². The molecule has 1 saturated carbocycles. The Morgan fingerprint density at radius 1 is 1.46 bits per heavy atom. The molecule has 128 valence electrons. The van der Waals surface area contributed by atoms with Gasteiger partial charge in [0.05, 0.1) is 12.6 Å². The maximum atomic E-state index is 13.0. The molecule has 0 bridgehead atoms. The van der Waals surface area contributed by atoms with E-state index in [2.05, 4.69) is 32.1 Å². The first kappa shape index (κ1) is 15.8. The minimum atomic E-state index is 0.231. The second kappa shape index (κ2) is 6.33. The minimum Gasteiger partial charge on any atom is -0.334 e. The fraction of sp³-hybridized carbons (Fsp3) is 0.556. The van der Waals surface area contributed by atoms with Crippen molar-refractivity contribution in [3.05, 3.63) is 40.3 Å². The smallest absolute Gasteiger partial charge is 0.227 e. The Labute approximate surface area is 146 Å². The first-order valence-corrected chi connectivity index (χ1v) is 9.59. The van der Waals surface area contributed by atoms with Crippen LogP contribution in [0.25, 0.3) is 0 Å². The molecule has 2 aliphatic rings. The fourth-order valence-corrected chi connectivity index (χ4v) is 4.68. The Bertz CT molecular complexity index is 702. The summed E-state index contributed by atoms with van der Waals surface area (Å²) in [5.74, 6) is 0.231. The van der Waals surface area contributed by atoms with Crippen LogP contribution in [0, 0.1) is 5.41 Å². The van der Waals surface area contributed by atoms with Crippen molar-refractivity contribution in [1.29, 1.82) is 0 Å². The Hall–Kier alpha value is -1.66. The predicted octanol–water partition coefficient (Wildman–Crippen LogP) is 2.20. The summed E-state index contributed by atoms with van der Waals surface area (Å²) in [5, 5.41) is 11.9. The molecule has 4 rings (SSSR count). The predicted molar refractivity (Wildman–Crippen MR) is 94.7 cm³/mol. The molecule has 1 N–H and O–H groups in total. The van der Waals surface area contributed by atoms with Crippen LogP contribution in [0.3, 0.4) is 0 Å². The van der Waals surface area contributed by atoms with E-state index in [0.29, 0.717) is 17.9 Å². The molecule has 0 radical (unpaired) electrons. The van der Waals surface area contributed by atoms with Crippen LogP contribution < -0.4 is 5.32 Å². The van der Waals surface area contributed by atoms with Crippen molar-refractivity contribution in [2.45, 2.75) is 38.3 Å². The minimum absolute atomic E-state index is 0.231. The number of rotatable bonds is 5. The van der Waals surface area contributed by atoms with Crippen molar-refractivity contribution in [2.75, 3.05) is 13.1 Å². The number of carbonyl (C=O) groups excluding carboxylic acids is 1. The van der Waals surface area contributed by atoms with E-state index in [9.17, 15) is 4.79 Å². The molecule has 1 spiro atoms. The second-order valence-electron chi connectivity index (χ2n) is 7.18. The first-order valence-electron chi connectivity index (χ1n) is 8.65. The van der Waals surface area contributed by atoms with Crippen LogP contribution >= 0.6 is 11.3 Å². The van der Waals surface area contributed by atoms with Crippen LogP contribution in [-0.2, 0) is 24.8 Å². The highest BCUT2D eigenvalue weighted by atomic mass is 32.1. The van der Waals surface area contributed by atoms with Crippen molar-refractivity contribution in [3.63, 3.8) is 0 Å². The van der Waals surface area contributed by atoms with Gasteiger partial charge in [0.2, 0.25) is 5.91 Å². The van der Waals surface area contributed by atoms with Crippen LogP contribution in [0.15, 0.2) is 29.2 Å². The number of carbonyl (C=O) groups is 1. The van der Waals surface area contributed by atoms with Gasteiger partial charge in [-0.25, -0.2) is 0 Å². The average molecular weight is 344 g/mol. The second-order valence-corrected chi connectivity index (χ2v) is 7.96. The van der Waals surface area contributed by atoms with Crippen LogP contribution in [0.5, 0.6) is 0 Å². The topological polar surface area (TPSA) is 50.2 Å². The molecule has 1 saturated heterocycles. The quantitative estimate of drug-likeness (QED) is 0.905. The summed E-state index contributed by atoms with van der Waals surface area (Å²) in [7, 11) is 1.89. The zero-order valence-electron chi connectivity index (χ0n) is 14.1. The molecule has 2 aromatic heterocycles. The lowest BCUT2D eigenvalue weighted by Gasteiger charge is -2.29. The molecule has 1 aliphatic carbocycles. The lowest BCUT2D eigenvalue weighted by molar-refractivity contribution is -0.132. The lowest BCUT2D eigenvalue weighted by atomic mass is 9.93. The van der Waals surface area contributed by atoms with Gasteiger partial charge in [0.25, 0.3) is 0 Å². The van der Waals surface area contributed by atoms with E-state index in [1.54, 1.807) is 22.2 Å². The number of hydrogen-bond donors (Lipinski definition) is 1. The summed E-state index contributed by atoms with van der Waals surface area (Å²) in [4.78, 5) is 15.2. The molecule has 5 nitrogen and oxygen atoms in total. The summed E-state index contributed by atoms with van der Waals surface area (Å²) in [6, 6.07) is 2.54. The monoisotopic (exact) mass is 344 g/mol. The average Bonchev–Trinajstić information content (AvgIpc) is 2.96. The van der Waals surface area contributed by atoms with Crippen LogP contribution in [0.1, 0.15) is 30.4 Å². The number of aryl methyl sites for hydroxylation is 1. The van der Waals surface area contributed by atoms with Crippen LogP contribution in [0.4, 0.5) is 0 Å². The van der Waals surface area contributed by atoms with Crippen molar-refractivity contribution >= 4 is 17.2 Å². The number of amides is 1. The van der Waals surface area contributed by atoms with Gasteiger partial charge < -0.3 is 10.2 Å². The Morgan fingerprint density at radius 3 is 2.96 bits per heavy atom. The van der Waals surface area contributed by atoms with E-state index in [-0.39, 0.29) is 5.91 Å². The lowest BCUT2D eigenvalue weighted by Crippen LogP contribution is -2.39. The van der Waals surface area contributed by atoms with Crippen molar-refractivity contribution in [1.82, 2.24) is 20.0 Å². The highest BCUT2D eigenvalue weighted by molar-refractivity contribution is 7.07. The third-order valence-electron chi connectivity index (χ3n) is 5.49. The van der Waals surface area contributed by atoms with Crippen molar-refractivity contribution in [2.24, 2.45) is 12.5 Å². The van der Waals surface area contributed by atoms with Crippen molar-refractivity contribution in [3.8, 4) is 0 Å². The van der Waals surface area contributed by atoms with Gasteiger partial charge in [-0.1, -0.05) is 0 Å². The normalized spacial score (nSPS) is 21.8. The Morgan fingerprint density at radius 2 is 2.29 bits per heavy atom. The zero-order valence-corrected chi connectivity index (χ0v) is 14.9. The van der Waals surface area contributed by atoms with E-state index in [1.807, 2.05) is 13.2 Å². The van der Waals surface area contributed by atoms with Gasteiger partial charge in [0.15, 0.2) is 0 Å². The molecule has 6 heteroatoms. The number of hydrogen-bond acceptors (Lipinski definition) is 4.